The van der Waals surface area contributed by atoms with Crippen molar-refractivity contribution >= 4 is 17.1 Å². The Morgan fingerprint density at radius 1 is 1.06 bits per heavy atom. The highest BCUT2D eigenvalue weighted by Gasteiger charge is 2.19. The molecule has 0 atom stereocenters. The smallest absolute Gasteiger partial charge is 0.278 e. The summed E-state index contributed by atoms with van der Waals surface area (Å²) in [5, 5.41) is 21.4. The van der Waals surface area contributed by atoms with Crippen LogP contribution >= 0.6 is 0 Å². The number of non-ortho nitro benzene ring substituents is 2. The molecule has 7 nitrogen and oxygen atoms in total. The Morgan fingerprint density at radius 3 is 2.06 bits per heavy atom. The maximum Gasteiger partial charge on any atom is 0.278 e. The largest absolute Gasteiger partial charge is 0.348 e. The molecule has 0 radical (unpaired) electrons. The standard InChI is InChI=1S/C10H9N3O4/c14-12(15)9-5-8(11-3-1-2-4-11)6-10(7-9)13(16)17/h1,3,5-7H,2,4H2. The Morgan fingerprint density at radius 2 is 1.65 bits per heavy atom. The van der Waals surface area contributed by atoms with Crippen LogP contribution in [0.15, 0.2) is 30.5 Å². The summed E-state index contributed by atoms with van der Waals surface area (Å²) >= 11 is 0. The lowest BCUT2D eigenvalue weighted by Crippen LogP contribution is -2.12. The lowest BCUT2D eigenvalue weighted by Gasteiger charge is -2.14. The predicted octanol–water partition coefficient (Wildman–Crippen LogP) is 2.23. The minimum Gasteiger partial charge on any atom is -0.348 e. The molecule has 0 fully saturated rings. The molecule has 1 heterocycles. The van der Waals surface area contributed by atoms with Crippen molar-refractivity contribution in [3.05, 3.63) is 50.7 Å². The zero-order chi connectivity index (χ0) is 12.4. The van der Waals surface area contributed by atoms with Crippen molar-refractivity contribution in [3.8, 4) is 0 Å². The van der Waals surface area contributed by atoms with Gasteiger partial charge < -0.3 is 4.90 Å². The second-order valence-corrected chi connectivity index (χ2v) is 3.59. The first kappa shape index (κ1) is 11.1. The number of nitrogens with zero attached hydrogens (tertiary/aromatic N) is 3. The van der Waals surface area contributed by atoms with Gasteiger partial charge in [-0.15, -0.1) is 0 Å². The molecule has 2 rings (SSSR count). The summed E-state index contributed by atoms with van der Waals surface area (Å²) in [4.78, 5) is 21.9. The zero-order valence-electron chi connectivity index (χ0n) is 8.78. The van der Waals surface area contributed by atoms with E-state index in [4.69, 9.17) is 0 Å². The van der Waals surface area contributed by atoms with E-state index in [1.807, 2.05) is 6.08 Å². The number of anilines is 1. The minimum absolute atomic E-state index is 0.269. The molecule has 0 spiro atoms. The fraction of sp³-hybridized carbons (Fsp3) is 0.200. The third-order valence-corrected chi connectivity index (χ3v) is 2.46. The molecule has 0 amide bonds. The first-order valence-corrected chi connectivity index (χ1v) is 4.95. The van der Waals surface area contributed by atoms with Crippen molar-refractivity contribution in [2.75, 3.05) is 11.4 Å². The van der Waals surface area contributed by atoms with Crippen LogP contribution in [0.4, 0.5) is 17.1 Å². The van der Waals surface area contributed by atoms with Crippen LogP contribution < -0.4 is 4.90 Å². The van der Waals surface area contributed by atoms with Crippen molar-refractivity contribution < 1.29 is 9.85 Å². The van der Waals surface area contributed by atoms with Crippen LogP contribution in [0.25, 0.3) is 0 Å². The van der Waals surface area contributed by atoms with Gasteiger partial charge >= 0.3 is 0 Å². The maximum atomic E-state index is 10.7. The monoisotopic (exact) mass is 235 g/mol. The average molecular weight is 235 g/mol. The van der Waals surface area contributed by atoms with Crippen molar-refractivity contribution in [1.82, 2.24) is 0 Å². The number of nitro benzene ring substituents is 2. The molecular formula is C10H9N3O4. The first-order valence-electron chi connectivity index (χ1n) is 4.95. The fourth-order valence-electron chi connectivity index (χ4n) is 1.66. The van der Waals surface area contributed by atoms with Crippen molar-refractivity contribution in [3.63, 3.8) is 0 Å². The number of hydrogen-bond donors (Lipinski definition) is 0. The van der Waals surface area contributed by atoms with E-state index in [1.54, 1.807) is 11.1 Å². The molecule has 1 aromatic rings. The Kier molecular flexibility index (Phi) is 2.73. The van der Waals surface area contributed by atoms with E-state index in [0.717, 1.165) is 12.5 Å². The van der Waals surface area contributed by atoms with Crippen LogP contribution in [-0.2, 0) is 0 Å². The third-order valence-electron chi connectivity index (χ3n) is 2.46. The molecule has 0 aromatic heterocycles. The summed E-state index contributed by atoms with van der Waals surface area (Å²) < 4.78 is 0. The van der Waals surface area contributed by atoms with Gasteiger partial charge in [0.05, 0.1) is 21.6 Å². The molecule has 0 saturated heterocycles. The van der Waals surface area contributed by atoms with Crippen LogP contribution in [-0.4, -0.2) is 16.4 Å². The molecule has 1 aliphatic heterocycles. The summed E-state index contributed by atoms with van der Waals surface area (Å²) in [5.41, 5.74) is -0.0661. The summed E-state index contributed by atoms with van der Waals surface area (Å²) in [5.74, 6) is 0. The average Bonchev–Trinajstić information content (AvgIpc) is 2.81. The van der Waals surface area contributed by atoms with Gasteiger partial charge in [-0.25, -0.2) is 0 Å². The van der Waals surface area contributed by atoms with Crippen molar-refractivity contribution in [2.24, 2.45) is 0 Å². The summed E-state index contributed by atoms with van der Waals surface area (Å²) in [6.45, 7) is 0.679. The highest BCUT2D eigenvalue weighted by Crippen LogP contribution is 2.29. The van der Waals surface area contributed by atoms with E-state index >= 15 is 0 Å². The predicted molar refractivity (Wildman–Crippen MR) is 60.9 cm³/mol. The highest BCUT2D eigenvalue weighted by molar-refractivity contribution is 5.62. The number of hydrogen-bond acceptors (Lipinski definition) is 5. The quantitative estimate of drug-likeness (QED) is 0.591. The van der Waals surface area contributed by atoms with Gasteiger partial charge in [0, 0.05) is 24.9 Å². The molecule has 1 aliphatic rings. The molecule has 0 saturated carbocycles. The summed E-state index contributed by atoms with van der Waals surface area (Å²) in [6, 6.07) is 3.63. The van der Waals surface area contributed by atoms with Gasteiger partial charge in [0.1, 0.15) is 0 Å². The molecule has 7 heteroatoms. The number of benzene rings is 1. The van der Waals surface area contributed by atoms with E-state index in [0.29, 0.717) is 12.2 Å². The fourth-order valence-corrected chi connectivity index (χ4v) is 1.66. The number of nitro groups is 2. The SMILES string of the molecule is O=[N+]([O-])c1cc(N2C=CCC2)cc([N+](=O)[O-])c1. The Hall–Kier alpha value is -2.44. The highest BCUT2D eigenvalue weighted by atomic mass is 16.6. The minimum atomic E-state index is -0.629. The van der Waals surface area contributed by atoms with Crippen molar-refractivity contribution in [1.29, 1.82) is 0 Å². The third kappa shape index (κ3) is 2.22. The Labute approximate surface area is 96.3 Å². The normalized spacial score (nSPS) is 14.0. The van der Waals surface area contributed by atoms with Gasteiger partial charge in [0.25, 0.3) is 11.4 Å². The lowest BCUT2D eigenvalue weighted by molar-refractivity contribution is -0.394. The van der Waals surface area contributed by atoms with Gasteiger partial charge in [-0.2, -0.15) is 0 Å². The number of rotatable bonds is 3. The molecule has 1 aromatic carbocycles. The molecule has 0 aliphatic carbocycles. The van der Waals surface area contributed by atoms with Gasteiger partial charge in [-0.1, -0.05) is 6.08 Å². The van der Waals surface area contributed by atoms with Crippen LogP contribution in [0, 0.1) is 20.2 Å². The van der Waals surface area contributed by atoms with Crippen LogP contribution in [0.3, 0.4) is 0 Å². The Bertz CT molecular complexity index is 480. The van der Waals surface area contributed by atoms with Gasteiger partial charge in [-0.05, 0) is 6.42 Å². The molecular weight excluding hydrogens is 226 g/mol. The molecule has 88 valence electrons. The van der Waals surface area contributed by atoms with Crippen LogP contribution in [0.2, 0.25) is 0 Å². The first-order chi connectivity index (χ1) is 8.08. The van der Waals surface area contributed by atoms with Crippen LogP contribution in [0.1, 0.15) is 6.42 Å². The van der Waals surface area contributed by atoms with Crippen molar-refractivity contribution in [2.45, 2.75) is 6.42 Å². The Balaban J connectivity index is 2.47. The van der Waals surface area contributed by atoms with E-state index in [1.165, 1.54) is 12.1 Å². The molecule has 0 unspecified atom stereocenters. The van der Waals surface area contributed by atoms with E-state index in [9.17, 15) is 20.2 Å². The second-order valence-electron chi connectivity index (χ2n) is 3.59. The van der Waals surface area contributed by atoms with E-state index in [-0.39, 0.29) is 11.4 Å². The summed E-state index contributed by atoms with van der Waals surface area (Å²) in [7, 11) is 0. The van der Waals surface area contributed by atoms with Gasteiger partial charge in [-0.3, -0.25) is 20.2 Å². The van der Waals surface area contributed by atoms with E-state index in [2.05, 4.69) is 0 Å². The van der Waals surface area contributed by atoms with Gasteiger partial charge in [0.2, 0.25) is 0 Å². The molecule has 17 heavy (non-hydrogen) atoms. The maximum absolute atomic E-state index is 10.7. The molecule has 0 N–H and O–H groups in total. The topological polar surface area (TPSA) is 89.5 Å². The summed E-state index contributed by atoms with van der Waals surface area (Å²) in [6.07, 6.45) is 4.50. The van der Waals surface area contributed by atoms with Gasteiger partial charge in [0.15, 0.2) is 0 Å². The second kappa shape index (κ2) is 4.20. The van der Waals surface area contributed by atoms with E-state index < -0.39 is 9.85 Å². The zero-order valence-corrected chi connectivity index (χ0v) is 8.78. The lowest BCUT2D eigenvalue weighted by atomic mass is 10.2. The molecule has 0 bridgehead atoms. The van der Waals surface area contributed by atoms with Crippen LogP contribution in [0.5, 0.6) is 0 Å².